The minimum atomic E-state index is 0.124. The highest BCUT2D eigenvalue weighted by molar-refractivity contribution is 5.75. The second-order valence-corrected chi connectivity index (χ2v) is 5.83. The number of ether oxygens (including phenoxy) is 1. The molecule has 1 amide bonds. The van der Waals surface area contributed by atoms with Crippen LogP contribution in [0.2, 0.25) is 0 Å². The molecule has 1 N–H and O–H groups in total. The molecule has 0 unspecified atom stereocenters. The monoisotopic (exact) mass is 291 g/mol. The number of hydrogen-bond acceptors (Lipinski definition) is 2. The van der Waals surface area contributed by atoms with E-state index < -0.39 is 0 Å². The van der Waals surface area contributed by atoms with Crippen LogP contribution in [0.5, 0.6) is 5.75 Å². The molecule has 21 heavy (non-hydrogen) atoms. The van der Waals surface area contributed by atoms with Crippen LogP contribution in [0.25, 0.3) is 0 Å². The number of amides is 1. The minimum Gasteiger partial charge on any atom is -0.494 e. The smallest absolute Gasteiger partial charge is 0.220 e. The molecule has 0 atom stereocenters. The molecular weight excluding hydrogens is 262 g/mol. The van der Waals surface area contributed by atoms with Crippen molar-refractivity contribution in [2.24, 2.45) is 0 Å². The zero-order valence-corrected chi connectivity index (χ0v) is 13.9. The molecule has 3 nitrogen and oxygen atoms in total. The van der Waals surface area contributed by atoms with Crippen molar-refractivity contribution >= 4 is 5.91 Å². The number of hydrogen-bond donors (Lipinski definition) is 1. The Morgan fingerprint density at radius 1 is 1.29 bits per heavy atom. The molecule has 0 fully saturated rings. The van der Waals surface area contributed by atoms with Gasteiger partial charge in [-0.2, -0.15) is 0 Å². The summed E-state index contributed by atoms with van der Waals surface area (Å²) in [4.78, 5) is 11.5. The predicted molar refractivity (Wildman–Crippen MR) is 87.9 cm³/mol. The number of carbonyl (C=O) groups excluding carboxylic acids is 1. The van der Waals surface area contributed by atoms with Gasteiger partial charge in [-0.05, 0) is 48.9 Å². The van der Waals surface area contributed by atoms with Crippen LogP contribution in [0.3, 0.4) is 0 Å². The van der Waals surface area contributed by atoms with Gasteiger partial charge < -0.3 is 10.1 Å². The van der Waals surface area contributed by atoms with E-state index in [1.807, 2.05) is 6.07 Å². The Morgan fingerprint density at radius 3 is 2.67 bits per heavy atom. The lowest BCUT2D eigenvalue weighted by Crippen LogP contribution is -2.24. The van der Waals surface area contributed by atoms with Crippen LogP contribution >= 0.6 is 0 Å². The highest BCUT2D eigenvalue weighted by Crippen LogP contribution is 2.23. The predicted octanol–water partition coefficient (Wildman–Crippen LogP) is 4.19. The van der Waals surface area contributed by atoms with Crippen LogP contribution in [0, 0.1) is 6.92 Å². The molecule has 3 heteroatoms. The summed E-state index contributed by atoms with van der Waals surface area (Å²) in [6, 6.07) is 6.23. The maximum atomic E-state index is 11.5. The van der Waals surface area contributed by atoms with Crippen LogP contribution in [0.15, 0.2) is 18.2 Å². The van der Waals surface area contributed by atoms with Crippen molar-refractivity contribution in [1.29, 1.82) is 0 Å². The number of unbranched alkanes of at least 4 members (excludes halogenated alkanes) is 1. The molecular formula is C18H29NO2. The van der Waals surface area contributed by atoms with Gasteiger partial charge in [0.05, 0.1) is 6.61 Å². The third kappa shape index (κ3) is 6.65. The number of carbonyl (C=O) groups is 1. The Kier molecular flexibility index (Phi) is 7.88. The number of nitrogens with one attached hydrogen (secondary N) is 1. The van der Waals surface area contributed by atoms with Crippen LogP contribution in [0.1, 0.15) is 63.5 Å². The topological polar surface area (TPSA) is 38.3 Å². The van der Waals surface area contributed by atoms with Crippen LogP contribution in [0.4, 0.5) is 0 Å². The largest absolute Gasteiger partial charge is 0.494 e. The zero-order valence-electron chi connectivity index (χ0n) is 13.9. The Bertz CT molecular complexity index is 441. The summed E-state index contributed by atoms with van der Waals surface area (Å²) in [7, 11) is 0. The summed E-state index contributed by atoms with van der Waals surface area (Å²) in [5, 5.41) is 2.92. The van der Waals surface area contributed by atoms with E-state index in [9.17, 15) is 4.79 Å². The summed E-state index contributed by atoms with van der Waals surface area (Å²) in [6.07, 6.45) is 3.44. The van der Waals surface area contributed by atoms with E-state index in [0.29, 0.717) is 18.9 Å². The van der Waals surface area contributed by atoms with Gasteiger partial charge in [0.25, 0.3) is 0 Å². The van der Waals surface area contributed by atoms with Gasteiger partial charge in [-0.25, -0.2) is 0 Å². The van der Waals surface area contributed by atoms with Crippen LogP contribution < -0.4 is 10.1 Å². The Labute approximate surface area is 129 Å². The first-order valence-electron chi connectivity index (χ1n) is 8.04. The standard InChI is InChI=1S/C18H29NO2/c1-5-6-11-19-18(20)8-7-12-21-16-9-10-17(14(2)3)15(4)13-16/h9-10,13-14H,5-8,11-12H2,1-4H3,(H,19,20). The van der Waals surface area contributed by atoms with Gasteiger partial charge in [-0.1, -0.05) is 33.3 Å². The quantitative estimate of drug-likeness (QED) is 0.693. The highest BCUT2D eigenvalue weighted by Gasteiger charge is 2.05. The second-order valence-electron chi connectivity index (χ2n) is 5.83. The number of benzene rings is 1. The summed E-state index contributed by atoms with van der Waals surface area (Å²) >= 11 is 0. The van der Waals surface area contributed by atoms with Gasteiger partial charge in [-0.3, -0.25) is 4.79 Å². The summed E-state index contributed by atoms with van der Waals surface area (Å²) in [5.74, 6) is 1.55. The van der Waals surface area contributed by atoms with E-state index in [-0.39, 0.29) is 5.91 Å². The second kappa shape index (κ2) is 9.43. The summed E-state index contributed by atoms with van der Waals surface area (Å²) < 4.78 is 5.72. The van der Waals surface area contributed by atoms with Crippen LogP contribution in [-0.4, -0.2) is 19.1 Å². The van der Waals surface area contributed by atoms with Crippen molar-refractivity contribution in [2.45, 2.75) is 59.3 Å². The van der Waals surface area contributed by atoms with Crippen molar-refractivity contribution in [1.82, 2.24) is 5.32 Å². The summed E-state index contributed by atoms with van der Waals surface area (Å²) in [6.45, 7) is 9.99. The molecule has 0 aliphatic carbocycles. The van der Waals surface area contributed by atoms with Crippen molar-refractivity contribution in [3.63, 3.8) is 0 Å². The lowest BCUT2D eigenvalue weighted by Gasteiger charge is -2.12. The molecule has 1 aromatic carbocycles. The molecule has 0 aromatic heterocycles. The molecule has 0 saturated heterocycles. The first kappa shape index (κ1) is 17.5. The van der Waals surface area contributed by atoms with Crippen molar-refractivity contribution in [2.75, 3.05) is 13.2 Å². The van der Waals surface area contributed by atoms with E-state index in [4.69, 9.17) is 4.74 Å². The molecule has 1 aromatic rings. The molecule has 1 rings (SSSR count). The first-order chi connectivity index (χ1) is 10.0. The molecule has 118 valence electrons. The van der Waals surface area contributed by atoms with E-state index in [1.54, 1.807) is 0 Å². The number of aryl methyl sites for hydroxylation is 1. The summed E-state index contributed by atoms with van der Waals surface area (Å²) in [5.41, 5.74) is 2.62. The first-order valence-corrected chi connectivity index (χ1v) is 8.04. The zero-order chi connectivity index (χ0) is 15.7. The molecule has 0 bridgehead atoms. The van der Waals surface area contributed by atoms with E-state index in [0.717, 1.165) is 31.6 Å². The maximum Gasteiger partial charge on any atom is 0.220 e. The molecule has 0 aliphatic heterocycles. The third-order valence-corrected chi connectivity index (χ3v) is 3.53. The van der Waals surface area contributed by atoms with Crippen LogP contribution in [-0.2, 0) is 4.79 Å². The van der Waals surface area contributed by atoms with Gasteiger partial charge in [0.1, 0.15) is 5.75 Å². The van der Waals surface area contributed by atoms with E-state index in [1.165, 1.54) is 11.1 Å². The Morgan fingerprint density at radius 2 is 2.05 bits per heavy atom. The van der Waals surface area contributed by atoms with Gasteiger partial charge in [-0.15, -0.1) is 0 Å². The van der Waals surface area contributed by atoms with Gasteiger partial charge in [0.2, 0.25) is 5.91 Å². The maximum absolute atomic E-state index is 11.5. The van der Waals surface area contributed by atoms with Gasteiger partial charge >= 0.3 is 0 Å². The normalized spacial score (nSPS) is 10.7. The molecule has 0 saturated carbocycles. The van der Waals surface area contributed by atoms with Crippen molar-refractivity contribution < 1.29 is 9.53 Å². The minimum absolute atomic E-state index is 0.124. The van der Waals surface area contributed by atoms with E-state index in [2.05, 4.69) is 45.1 Å². The van der Waals surface area contributed by atoms with Crippen molar-refractivity contribution in [3.05, 3.63) is 29.3 Å². The fraction of sp³-hybridized carbons (Fsp3) is 0.611. The highest BCUT2D eigenvalue weighted by atomic mass is 16.5. The van der Waals surface area contributed by atoms with Gasteiger partial charge in [0.15, 0.2) is 0 Å². The number of rotatable bonds is 9. The van der Waals surface area contributed by atoms with E-state index >= 15 is 0 Å². The van der Waals surface area contributed by atoms with Crippen molar-refractivity contribution in [3.8, 4) is 5.75 Å². The molecule has 0 spiro atoms. The molecule has 0 radical (unpaired) electrons. The SMILES string of the molecule is CCCCNC(=O)CCCOc1ccc(C(C)C)c(C)c1. The third-order valence-electron chi connectivity index (χ3n) is 3.53. The molecule has 0 heterocycles. The fourth-order valence-electron chi connectivity index (χ4n) is 2.30. The fourth-order valence-corrected chi connectivity index (χ4v) is 2.30. The lowest BCUT2D eigenvalue weighted by molar-refractivity contribution is -0.121. The van der Waals surface area contributed by atoms with Gasteiger partial charge in [0, 0.05) is 13.0 Å². The Balaban J connectivity index is 2.27. The average Bonchev–Trinajstić information content (AvgIpc) is 2.43. The average molecular weight is 291 g/mol. The Hall–Kier alpha value is -1.51. The molecule has 0 aliphatic rings. The lowest BCUT2D eigenvalue weighted by atomic mass is 9.98.